The third kappa shape index (κ3) is 8.80. The summed E-state index contributed by atoms with van der Waals surface area (Å²) in [6, 6.07) is 11.9. The summed E-state index contributed by atoms with van der Waals surface area (Å²) in [7, 11) is 0. The lowest BCUT2D eigenvalue weighted by Gasteiger charge is -2.03. The minimum atomic E-state index is -0.864. The molecule has 4 aromatic rings. The monoisotopic (exact) mass is 716 g/mol. The van der Waals surface area contributed by atoms with E-state index in [1.165, 1.54) is 11.1 Å². The van der Waals surface area contributed by atoms with E-state index < -0.39 is 11.9 Å². The van der Waals surface area contributed by atoms with Gasteiger partial charge in [0.25, 0.3) is 0 Å². The Morgan fingerprint density at radius 1 is 0.623 bits per heavy atom. The van der Waals surface area contributed by atoms with Gasteiger partial charge < -0.3 is 25.9 Å². The number of nitrogens with zero attached hydrogens (tertiary/aromatic N) is 3. The molecule has 53 heavy (non-hydrogen) atoms. The normalized spacial score (nSPS) is 12.5. The summed E-state index contributed by atoms with van der Waals surface area (Å²) >= 11 is 0. The lowest BCUT2D eigenvalue weighted by Crippen LogP contribution is -2.11. The van der Waals surface area contributed by atoms with E-state index in [1.807, 2.05) is 38.1 Å². The number of hydrogen-bond donors (Lipinski definition) is 5. The van der Waals surface area contributed by atoms with Gasteiger partial charge >= 0.3 is 11.9 Å². The van der Waals surface area contributed by atoms with Crippen molar-refractivity contribution in [3.8, 4) is 0 Å². The molecule has 6 heterocycles. The Morgan fingerprint density at radius 3 is 1.68 bits per heavy atom. The van der Waals surface area contributed by atoms with Crippen molar-refractivity contribution in [2.24, 2.45) is 5.73 Å². The highest BCUT2D eigenvalue weighted by molar-refractivity contribution is 5.95. The number of nitrogens with two attached hydrogens (primary N) is 1. The van der Waals surface area contributed by atoms with Crippen LogP contribution < -0.4 is 5.73 Å². The number of hydrogen-bond acceptors (Lipinski definition) is 6. The number of carbonyl (C=O) groups excluding carboxylic acids is 1. The first-order valence-corrected chi connectivity index (χ1v) is 18.1. The van der Waals surface area contributed by atoms with Crippen LogP contribution in [0.3, 0.4) is 0 Å². The summed E-state index contributed by atoms with van der Waals surface area (Å²) in [6.07, 6.45) is 6.91. The largest absolute Gasteiger partial charge is 0.481 e. The van der Waals surface area contributed by atoms with E-state index in [1.54, 1.807) is 12.4 Å². The molecule has 6 rings (SSSR count). The SMILES string of the molecule is CCC1=C(C)c2cc3[nH]c(cc4nc(cc5[nH]c(cc1n2)c(C)c5CCC(=O)O)C(CCC(=O)O)=C4C)c(C)c3CC.NC(=O)CCc1ccncc1. The molecule has 0 fully saturated rings. The predicted octanol–water partition coefficient (Wildman–Crippen LogP) is 8.15. The fourth-order valence-corrected chi connectivity index (χ4v) is 7.04. The molecule has 0 spiro atoms. The number of aryl methyl sites for hydroxylation is 5. The van der Waals surface area contributed by atoms with E-state index in [2.05, 4.69) is 54.8 Å². The van der Waals surface area contributed by atoms with Crippen LogP contribution in [0.4, 0.5) is 0 Å². The number of rotatable bonds is 11. The lowest BCUT2D eigenvalue weighted by atomic mass is 10.00. The topological polar surface area (TPSA) is 188 Å². The number of allylic oxidation sites excluding steroid dienone is 4. The van der Waals surface area contributed by atoms with E-state index in [0.717, 1.165) is 91.0 Å². The summed E-state index contributed by atoms with van der Waals surface area (Å²) in [5, 5.41) is 18.9. The highest BCUT2D eigenvalue weighted by Crippen LogP contribution is 2.37. The van der Waals surface area contributed by atoms with Gasteiger partial charge in [-0.15, -0.1) is 0 Å². The molecule has 0 aliphatic carbocycles. The molecule has 8 bridgehead atoms. The first-order valence-electron chi connectivity index (χ1n) is 18.1. The van der Waals surface area contributed by atoms with Crippen LogP contribution in [-0.4, -0.2) is 53.0 Å². The fourth-order valence-electron chi connectivity index (χ4n) is 7.04. The fraction of sp³-hybridized carbons (Fsp3) is 0.333. The van der Waals surface area contributed by atoms with Crippen molar-refractivity contribution in [1.82, 2.24) is 24.9 Å². The molecule has 0 unspecified atom stereocenters. The molecule has 4 aromatic heterocycles. The number of pyridine rings is 1. The Morgan fingerprint density at radius 2 is 1.11 bits per heavy atom. The smallest absolute Gasteiger partial charge is 0.303 e. The molecular weight excluding hydrogens is 668 g/mol. The molecule has 11 heteroatoms. The van der Waals surface area contributed by atoms with Gasteiger partial charge in [0.05, 0.1) is 22.8 Å². The number of H-pyrrole nitrogens is 2. The van der Waals surface area contributed by atoms with Crippen LogP contribution in [0.25, 0.3) is 44.4 Å². The summed E-state index contributed by atoms with van der Waals surface area (Å²) in [4.78, 5) is 54.6. The van der Waals surface area contributed by atoms with Gasteiger partial charge in [-0.3, -0.25) is 19.4 Å². The van der Waals surface area contributed by atoms with Crippen molar-refractivity contribution in [2.75, 3.05) is 0 Å². The van der Waals surface area contributed by atoms with Crippen molar-refractivity contribution < 1.29 is 24.6 Å². The average Bonchev–Trinajstić information content (AvgIpc) is 3.78. The molecule has 6 N–H and O–H groups in total. The third-order valence-electron chi connectivity index (χ3n) is 10.1. The summed E-state index contributed by atoms with van der Waals surface area (Å²) in [6.45, 7) is 12.5. The Bertz CT molecular complexity index is 2300. The number of aliphatic carboxylic acids is 2. The third-order valence-corrected chi connectivity index (χ3v) is 10.1. The van der Waals surface area contributed by atoms with E-state index >= 15 is 0 Å². The number of carboxylic acid groups (broad SMARTS) is 2. The van der Waals surface area contributed by atoms with Gasteiger partial charge in [0.1, 0.15) is 0 Å². The molecule has 0 saturated carbocycles. The van der Waals surface area contributed by atoms with Crippen LogP contribution in [0.5, 0.6) is 0 Å². The quantitative estimate of drug-likeness (QED) is 0.103. The number of carbonyl (C=O) groups is 3. The molecule has 2 aliphatic heterocycles. The molecular formula is C42H48N6O5. The van der Waals surface area contributed by atoms with E-state index in [-0.39, 0.29) is 18.7 Å². The zero-order chi connectivity index (χ0) is 38.4. The maximum Gasteiger partial charge on any atom is 0.303 e. The average molecular weight is 717 g/mol. The van der Waals surface area contributed by atoms with Crippen molar-refractivity contribution >= 4 is 62.2 Å². The van der Waals surface area contributed by atoms with Gasteiger partial charge in [-0.05, 0) is 146 Å². The highest BCUT2D eigenvalue weighted by atomic mass is 16.4. The summed E-state index contributed by atoms with van der Waals surface area (Å²) < 4.78 is 0. The number of primary amides is 1. The van der Waals surface area contributed by atoms with Crippen LogP contribution in [0, 0.1) is 13.8 Å². The maximum atomic E-state index is 11.5. The van der Waals surface area contributed by atoms with Crippen LogP contribution >= 0.6 is 0 Å². The second kappa shape index (κ2) is 16.7. The first-order chi connectivity index (χ1) is 25.3. The Hall–Kier alpha value is -5.84. The first kappa shape index (κ1) is 38.4. The van der Waals surface area contributed by atoms with E-state index in [4.69, 9.17) is 15.7 Å². The van der Waals surface area contributed by atoms with Crippen LogP contribution in [0.1, 0.15) is 110 Å². The summed E-state index contributed by atoms with van der Waals surface area (Å²) in [5.74, 6) is -1.99. The Balaban J connectivity index is 0.000000422. The minimum Gasteiger partial charge on any atom is -0.481 e. The van der Waals surface area contributed by atoms with Crippen molar-refractivity contribution in [3.05, 3.63) is 99.4 Å². The number of aromatic nitrogens is 5. The molecule has 2 aliphatic rings. The van der Waals surface area contributed by atoms with Gasteiger partial charge in [0, 0.05) is 53.7 Å². The number of nitrogens with one attached hydrogen (secondary N) is 2. The van der Waals surface area contributed by atoms with Gasteiger partial charge in [-0.1, -0.05) is 13.8 Å². The molecule has 0 saturated heterocycles. The van der Waals surface area contributed by atoms with Gasteiger partial charge in [-0.25, -0.2) is 9.97 Å². The molecule has 1 amide bonds. The van der Waals surface area contributed by atoms with Crippen molar-refractivity contribution in [2.45, 2.75) is 92.9 Å². The van der Waals surface area contributed by atoms with Gasteiger partial charge in [0.2, 0.25) is 5.91 Å². The number of amides is 1. The van der Waals surface area contributed by atoms with E-state index in [0.29, 0.717) is 31.4 Å². The standard InChI is InChI=1S/C34H38N4O4.C8H10N2O/c1-7-21-17(3)25-13-26-19(5)23(9-11-33(39)40)31(37-26)16-32-24(10-12-34(41)42)20(6)28(38-32)15-30-22(8-2)18(4)27(36-30)14-29(21)35-25;9-8(11)2-1-7-3-5-10-6-4-7/h13-16,35,38H,7-12H2,1-6H3,(H,39,40)(H,41,42);3-6H,1-2H2,(H2,9,11). The Kier molecular flexibility index (Phi) is 12.1. The lowest BCUT2D eigenvalue weighted by molar-refractivity contribution is -0.137. The molecule has 0 atom stereocenters. The molecule has 0 radical (unpaired) electrons. The zero-order valence-electron chi connectivity index (χ0n) is 31.3. The van der Waals surface area contributed by atoms with Crippen molar-refractivity contribution in [1.29, 1.82) is 0 Å². The van der Waals surface area contributed by atoms with Crippen LogP contribution in [-0.2, 0) is 33.6 Å². The molecule has 276 valence electrons. The van der Waals surface area contributed by atoms with Crippen LogP contribution in [0.2, 0.25) is 0 Å². The summed E-state index contributed by atoms with van der Waals surface area (Å²) in [5.41, 5.74) is 21.5. The number of carboxylic acids is 2. The number of fused-ring (bicyclic) bond motifs is 8. The minimum absolute atomic E-state index is 0.00162. The van der Waals surface area contributed by atoms with Gasteiger partial charge in [-0.2, -0.15) is 0 Å². The Labute approximate surface area is 309 Å². The van der Waals surface area contributed by atoms with Crippen molar-refractivity contribution in [3.63, 3.8) is 0 Å². The maximum absolute atomic E-state index is 11.5. The highest BCUT2D eigenvalue weighted by Gasteiger charge is 2.21. The second-order valence-corrected chi connectivity index (χ2v) is 13.5. The second-order valence-electron chi connectivity index (χ2n) is 13.5. The zero-order valence-corrected chi connectivity index (χ0v) is 31.3. The van der Waals surface area contributed by atoms with Gasteiger partial charge in [0.15, 0.2) is 0 Å². The molecule has 11 nitrogen and oxygen atoms in total. The molecule has 0 aromatic carbocycles. The van der Waals surface area contributed by atoms with E-state index in [9.17, 15) is 24.6 Å². The van der Waals surface area contributed by atoms with Crippen LogP contribution in [0.15, 0.2) is 48.8 Å². The number of aromatic amines is 2. The predicted molar refractivity (Wildman–Crippen MR) is 210 cm³/mol.